The van der Waals surface area contributed by atoms with Crippen molar-refractivity contribution in [2.75, 3.05) is 0 Å². The van der Waals surface area contributed by atoms with Gasteiger partial charge in [-0.2, -0.15) is 0 Å². The molecule has 5 nitrogen and oxygen atoms in total. The Labute approximate surface area is 62.0 Å². The van der Waals surface area contributed by atoms with Crippen LogP contribution in [-0.2, 0) is 0 Å². The van der Waals surface area contributed by atoms with Crippen LogP contribution in [0.1, 0.15) is 10.6 Å². The molecule has 0 aliphatic heterocycles. The summed E-state index contributed by atoms with van der Waals surface area (Å²) in [7, 11) is -1.69. The summed E-state index contributed by atoms with van der Waals surface area (Å²) < 4.78 is 4.47. The number of hydrogen-bond donors (Lipinski definition) is 3. The molecule has 1 aromatic rings. The summed E-state index contributed by atoms with van der Waals surface area (Å²) in [5.41, 5.74) is 0.0300. The van der Waals surface area contributed by atoms with Crippen LogP contribution in [0, 0.1) is 0 Å². The van der Waals surface area contributed by atoms with Gasteiger partial charge in [0.1, 0.15) is 0 Å². The molecule has 6 heteroatoms. The lowest BCUT2D eigenvalue weighted by Gasteiger charge is -1.86. The molecule has 0 amide bonds. The van der Waals surface area contributed by atoms with E-state index >= 15 is 0 Å². The third-order valence-electron chi connectivity index (χ3n) is 1.13. The van der Waals surface area contributed by atoms with Crippen molar-refractivity contribution >= 4 is 18.6 Å². The van der Waals surface area contributed by atoms with Crippen LogP contribution in [0.5, 0.6) is 0 Å². The molecule has 3 N–H and O–H groups in total. The van der Waals surface area contributed by atoms with E-state index in [9.17, 15) is 4.79 Å². The van der Waals surface area contributed by atoms with E-state index in [1.807, 2.05) is 0 Å². The predicted octanol–water partition coefficient (Wildman–Crippen LogP) is -1.34. The zero-order valence-electron chi connectivity index (χ0n) is 5.39. The van der Waals surface area contributed by atoms with Crippen LogP contribution in [0.3, 0.4) is 0 Å². The van der Waals surface area contributed by atoms with Crippen molar-refractivity contribution in [3.05, 3.63) is 18.1 Å². The Morgan fingerprint density at radius 2 is 2.18 bits per heavy atom. The van der Waals surface area contributed by atoms with Crippen LogP contribution < -0.4 is 5.46 Å². The summed E-state index contributed by atoms with van der Waals surface area (Å²) >= 11 is 0. The van der Waals surface area contributed by atoms with Gasteiger partial charge in [0.15, 0.2) is 0 Å². The molecule has 0 aliphatic carbocycles. The average molecular weight is 156 g/mol. The lowest BCUT2D eigenvalue weighted by atomic mass is 9.83. The molecule has 0 aromatic carbocycles. The zero-order chi connectivity index (χ0) is 8.43. The van der Waals surface area contributed by atoms with E-state index < -0.39 is 13.1 Å². The van der Waals surface area contributed by atoms with E-state index in [0.29, 0.717) is 0 Å². The van der Waals surface area contributed by atoms with Crippen LogP contribution in [-0.4, -0.2) is 28.2 Å². The highest BCUT2D eigenvalue weighted by Crippen LogP contribution is 1.97. The summed E-state index contributed by atoms with van der Waals surface area (Å²) in [4.78, 5) is 10.2. The number of hydrogen-bond acceptors (Lipinski definition) is 4. The van der Waals surface area contributed by atoms with Crippen LogP contribution in [0.4, 0.5) is 0 Å². The Morgan fingerprint density at radius 1 is 1.55 bits per heavy atom. The number of rotatable bonds is 2. The van der Waals surface area contributed by atoms with Gasteiger partial charge in [-0.15, -0.1) is 0 Å². The number of carboxylic acid groups (broad SMARTS) is 1. The maximum absolute atomic E-state index is 10.2. The summed E-state index contributed by atoms with van der Waals surface area (Å²) in [6, 6.07) is 1.05. The van der Waals surface area contributed by atoms with Crippen molar-refractivity contribution in [1.82, 2.24) is 0 Å². The molecular weight excluding hydrogens is 151 g/mol. The first-order valence-corrected chi connectivity index (χ1v) is 2.79. The Morgan fingerprint density at radius 3 is 2.45 bits per heavy atom. The smallest absolute Gasteiger partial charge is 0.475 e. The second kappa shape index (κ2) is 2.77. The molecule has 11 heavy (non-hydrogen) atoms. The van der Waals surface area contributed by atoms with E-state index in [1.54, 1.807) is 0 Å². The summed E-state index contributed by atoms with van der Waals surface area (Å²) in [6.45, 7) is 0. The summed E-state index contributed by atoms with van der Waals surface area (Å²) in [6.07, 6.45) is 0.980. The van der Waals surface area contributed by atoms with Crippen molar-refractivity contribution in [3.8, 4) is 0 Å². The number of furan rings is 1. The molecule has 0 unspecified atom stereocenters. The van der Waals surface area contributed by atoms with Gasteiger partial charge in [0, 0.05) is 5.46 Å². The normalized spacial score (nSPS) is 9.64. The first-order chi connectivity index (χ1) is 5.11. The second-order valence-electron chi connectivity index (χ2n) is 1.92. The quantitative estimate of drug-likeness (QED) is 0.460. The van der Waals surface area contributed by atoms with Gasteiger partial charge in [0.05, 0.1) is 6.26 Å². The molecule has 1 aromatic heterocycles. The molecule has 0 radical (unpaired) electrons. The van der Waals surface area contributed by atoms with E-state index in [2.05, 4.69) is 4.42 Å². The Balaban J connectivity index is 2.90. The Bertz CT molecular complexity index is 266. The largest absolute Gasteiger partial charge is 0.491 e. The average Bonchev–Trinajstić information content (AvgIpc) is 2.33. The minimum Gasteiger partial charge on any atom is -0.475 e. The number of carboxylic acids is 1. The van der Waals surface area contributed by atoms with Gasteiger partial charge < -0.3 is 19.6 Å². The van der Waals surface area contributed by atoms with Crippen molar-refractivity contribution in [2.45, 2.75) is 0 Å². The second-order valence-corrected chi connectivity index (χ2v) is 1.92. The van der Waals surface area contributed by atoms with Crippen LogP contribution in [0.2, 0.25) is 0 Å². The molecule has 0 spiro atoms. The first kappa shape index (κ1) is 7.84. The van der Waals surface area contributed by atoms with Crippen molar-refractivity contribution in [2.24, 2.45) is 0 Å². The monoisotopic (exact) mass is 156 g/mol. The molecule has 0 bridgehead atoms. The molecule has 0 saturated carbocycles. The van der Waals surface area contributed by atoms with E-state index in [4.69, 9.17) is 15.2 Å². The third-order valence-corrected chi connectivity index (χ3v) is 1.13. The Hall–Kier alpha value is -1.27. The van der Waals surface area contributed by atoms with Crippen molar-refractivity contribution < 1.29 is 24.4 Å². The van der Waals surface area contributed by atoms with E-state index in [1.165, 1.54) is 0 Å². The van der Waals surface area contributed by atoms with Crippen LogP contribution >= 0.6 is 0 Å². The predicted molar refractivity (Wildman–Crippen MR) is 35.5 cm³/mol. The first-order valence-electron chi connectivity index (χ1n) is 2.79. The van der Waals surface area contributed by atoms with Gasteiger partial charge in [0.25, 0.3) is 0 Å². The molecule has 0 saturated heterocycles. The fraction of sp³-hybridized carbons (Fsp3) is 0. The van der Waals surface area contributed by atoms with E-state index in [-0.39, 0.29) is 11.2 Å². The zero-order valence-corrected chi connectivity index (χ0v) is 5.39. The van der Waals surface area contributed by atoms with Crippen LogP contribution in [0.15, 0.2) is 16.7 Å². The molecule has 58 valence electrons. The molecular formula is C5H5BO5. The maximum Gasteiger partial charge on any atom is 0.491 e. The number of carbonyl (C=O) groups is 1. The van der Waals surface area contributed by atoms with Gasteiger partial charge in [-0.3, -0.25) is 0 Å². The molecule has 0 atom stereocenters. The molecule has 1 heterocycles. The highest BCUT2D eigenvalue weighted by molar-refractivity contribution is 6.58. The number of aromatic carboxylic acids is 1. The van der Waals surface area contributed by atoms with Gasteiger partial charge in [0.2, 0.25) is 5.76 Å². The topological polar surface area (TPSA) is 90.9 Å². The Kier molecular flexibility index (Phi) is 1.97. The summed E-state index contributed by atoms with van der Waals surface area (Å²) in [5.74, 6) is -1.55. The third kappa shape index (κ3) is 1.60. The van der Waals surface area contributed by atoms with Crippen molar-refractivity contribution in [1.29, 1.82) is 0 Å². The van der Waals surface area contributed by atoms with Crippen molar-refractivity contribution in [3.63, 3.8) is 0 Å². The highest BCUT2D eigenvalue weighted by Gasteiger charge is 2.17. The standard InChI is InChI=1S/C5H5BO5/c7-5(8)4-1-3(2-11-4)6(9)10/h1-2,9-10H,(H,7,8). The lowest BCUT2D eigenvalue weighted by Crippen LogP contribution is -2.28. The van der Waals surface area contributed by atoms with Gasteiger partial charge in [-0.25, -0.2) is 4.79 Å². The molecule has 0 aliphatic rings. The fourth-order valence-corrected chi connectivity index (χ4v) is 0.598. The van der Waals surface area contributed by atoms with Gasteiger partial charge >= 0.3 is 13.1 Å². The minimum absolute atomic E-state index is 0.0300. The highest BCUT2D eigenvalue weighted by atomic mass is 16.4. The molecule has 1 rings (SSSR count). The van der Waals surface area contributed by atoms with Gasteiger partial charge in [-0.05, 0) is 6.07 Å². The minimum atomic E-state index is -1.69. The summed E-state index contributed by atoms with van der Waals surface area (Å²) in [5, 5.41) is 25.4. The van der Waals surface area contributed by atoms with Gasteiger partial charge in [-0.1, -0.05) is 0 Å². The SMILES string of the molecule is O=C(O)c1cc(B(O)O)co1. The molecule has 0 fully saturated rings. The van der Waals surface area contributed by atoms with Crippen LogP contribution in [0.25, 0.3) is 0 Å². The van der Waals surface area contributed by atoms with E-state index in [0.717, 1.165) is 12.3 Å². The fourth-order valence-electron chi connectivity index (χ4n) is 0.598. The lowest BCUT2D eigenvalue weighted by molar-refractivity contribution is 0.0662. The maximum atomic E-state index is 10.2.